The molecule has 0 bridgehead atoms. The minimum atomic E-state index is -1.07. The molecule has 0 radical (unpaired) electrons. The van der Waals surface area contributed by atoms with Crippen molar-refractivity contribution in [1.29, 1.82) is 0 Å². The van der Waals surface area contributed by atoms with Crippen LogP contribution in [0.15, 0.2) is 73.7 Å². The fourth-order valence-electron chi connectivity index (χ4n) is 3.85. The molecule has 0 N–H and O–H groups in total. The van der Waals surface area contributed by atoms with E-state index in [1.165, 1.54) is 0 Å². The van der Waals surface area contributed by atoms with Gasteiger partial charge in [0.25, 0.3) is 0 Å². The van der Waals surface area contributed by atoms with Crippen LogP contribution in [0.2, 0.25) is 10.0 Å². The van der Waals surface area contributed by atoms with Gasteiger partial charge in [0.15, 0.2) is 0 Å². The predicted molar refractivity (Wildman–Crippen MR) is 125 cm³/mol. The monoisotopic (exact) mass is 484 g/mol. The summed E-state index contributed by atoms with van der Waals surface area (Å²) in [7, 11) is 1.95. The average molecular weight is 485 g/mol. The Balaban J connectivity index is 1.29. The van der Waals surface area contributed by atoms with E-state index in [9.17, 15) is 0 Å². The summed E-state index contributed by atoms with van der Waals surface area (Å²) in [5.74, 6) is -0.325. The highest BCUT2D eigenvalue weighted by Gasteiger charge is 2.45. The van der Waals surface area contributed by atoms with Gasteiger partial charge in [0.1, 0.15) is 18.5 Å². The van der Waals surface area contributed by atoms with Crippen molar-refractivity contribution < 1.29 is 14.2 Å². The van der Waals surface area contributed by atoms with Crippen LogP contribution in [0, 0.1) is 0 Å². The van der Waals surface area contributed by atoms with E-state index >= 15 is 0 Å². The van der Waals surface area contributed by atoms with E-state index in [1.54, 1.807) is 31.0 Å². The smallest absolute Gasteiger partial charge is 0.215 e. The quantitative estimate of drug-likeness (QED) is 0.371. The third-order valence-corrected chi connectivity index (χ3v) is 5.99. The van der Waals surface area contributed by atoms with Crippen molar-refractivity contribution in [3.63, 3.8) is 0 Å². The topological polar surface area (TPSA) is 63.3 Å². The van der Waals surface area contributed by atoms with Gasteiger partial charge in [-0.2, -0.15) is 0 Å². The zero-order chi connectivity index (χ0) is 22.8. The fourth-order valence-corrected chi connectivity index (χ4v) is 4.40. The summed E-state index contributed by atoms with van der Waals surface area (Å²) in [4.78, 5) is 8.49. The van der Waals surface area contributed by atoms with Crippen LogP contribution in [-0.2, 0) is 28.9 Å². The maximum absolute atomic E-state index is 6.52. The molecule has 7 nitrogen and oxygen atoms in total. The van der Waals surface area contributed by atoms with E-state index in [1.807, 2.05) is 58.9 Å². The molecule has 2 aromatic carbocycles. The molecule has 5 rings (SSSR count). The first-order valence-corrected chi connectivity index (χ1v) is 11.2. The van der Waals surface area contributed by atoms with Crippen LogP contribution in [0.4, 0.5) is 0 Å². The Morgan fingerprint density at radius 1 is 1.15 bits per heavy atom. The van der Waals surface area contributed by atoms with Gasteiger partial charge < -0.3 is 23.3 Å². The summed E-state index contributed by atoms with van der Waals surface area (Å²) >= 11 is 12.6. The van der Waals surface area contributed by atoms with Gasteiger partial charge in [0.2, 0.25) is 5.79 Å². The Kier molecular flexibility index (Phi) is 6.12. The van der Waals surface area contributed by atoms with Crippen LogP contribution in [0.1, 0.15) is 5.56 Å². The van der Waals surface area contributed by atoms with Crippen LogP contribution in [0.25, 0.3) is 11.3 Å². The largest absolute Gasteiger partial charge is 0.491 e. The standard InChI is InChI=1S/C24H22Cl2N4O3/c1-29-11-23(28-16-29)17-2-5-19(6-3-17)31-12-20-13-32-24(33-20,14-30-9-8-27-15-30)21-7-4-18(25)10-22(21)26/h2-11,15-16,20H,12-14H2,1H3/t20-,24+/m0/s1. The molecule has 2 atom stereocenters. The summed E-state index contributed by atoms with van der Waals surface area (Å²) in [5, 5.41) is 1.03. The number of ether oxygens (including phenoxy) is 3. The fraction of sp³-hybridized carbons (Fsp3) is 0.250. The van der Waals surface area contributed by atoms with Gasteiger partial charge in [0.05, 0.1) is 36.5 Å². The number of aryl methyl sites for hydroxylation is 1. The molecule has 1 aliphatic heterocycles. The molecule has 0 amide bonds. The molecule has 2 aromatic heterocycles. The highest BCUT2D eigenvalue weighted by Crippen LogP contribution is 2.40. The number of rotatable bonds is 7. The molecule has 1 saturated heterocycles. The number of halogens is 2. The van der Waals surface area contributed by atoms with Crippen molar-refractivity contribution >= 4 is 23.2 Å². The Hall–Kier alpha value is -2.84. The Morgan fingerprint density at radius 3 is 2.70 bits per heavy atom. The minimum absolute atomic E-state index is 0.282. The van der Waals surface area contributed by atoms with Gasteiger partial charge in [-0.1, -0.05) is 29.3 Å². The van der Waals surface area contributed by atoms with Crippen molar-refractivity contribution in [2.24, 2.45) is 7.05 Å². The molecule has 0 aliphatic carbocycles. The molecule has 1 aliphatic rings. The van der Waals surface area contributed by atoms with Crippen LogP contribution in [-0.4, -0.2) is 38.4 Å². The van der Waals surface area contributed by atoms with Gasteiger partial charge in [-0.05, 0) is 36.4 Å². The molecule has 4 aromatic rings. The van der Waals surface area contributed by atoms with Gasteiger partial charge in [-0.15, -0.1) is 0 Å². The highest BCUT2D eigenvalue weighted by atomic mass is 35.5. The second-order valence-corrected chi connectivity index (χ2v) is 8.77. The number of hydrogen-bond donors (Lipinski definition) is 0. The summed E-state index contributed by atoms with van der Waals surface area (Å²) < 4.78 is 22.4. The number of aromatic nitrogens is 4. The molecular weight excluding hydrogens is 463 g/mol. The average Bonchev–Trinajstić information content (AvgIpc) is 3.55. The number of benzene rings is 2. The van der Waals surface area contributed by atoms with E-state index in [0.717, 1.165) is 17.0 Å². The van der Waals surface area contributed by atoms with Gasteiger partial charge in [-0.3, -0.25) is 0 Å². The number of hydrogen-bond acceptors (Lipinski definition) is 5. The van der Waals surface area contributed by atoms with Crippen molar-refractivity contribution in [2.75, 3.05) is 13.2 Å². The molecule has 170 valence electrons. The molecule has 0 spiro atoms. The molecule has 0 unspecified atom stereocenters. The Bertz CT molecular complexity index is 1230. The van der Waals surface area contributed by atoms with Crippen LogP contribution >= 0.6 is 23.2 Å². The first-order chi connectivity index (χ1) is 16.0. The molecule has 9 heteroatoms. The zero-order valence-electron chi connectivity index (χ0n) is 17.9. The van der Waals surface area contributed by atoms with E-state index < -0.39 is 5.79 Å². The zero-order valence-corrected chi connectivity index (χ0v) is 19.4. The lowest BCUT2D eigenvalue weighted by molar-refractivity contribution is -0.189. The second-order valence-electron chi connectivity index (χ2n) is 7.92. The lowest BCUT2D eigenvalue weighted by Crippen LogP contribution is -2.34. The van der Waals surface area contributed by atoms with E-state index in [0.29, 0.717) is 35.4 Å². The third kappa shape index (κ3) is 4.77. The van der Waals surface area contributed by atoms with E-state index in [4.69, 9.17) is 37.4 Å². The predicted octanol–water partition coefficient (Wildman–Crippen LogP) is 4.94. The van der Waals surface area contributed by atoms with E-state index in [-0.39, 0.29) is 6.10 Å². The first-order valence-electron chi connectivity index (χ1n) is 10.4. The molecule has 33 heavy (non-hydrogen) atoms. The normalized spacial score (nSPS) is 20.3. The maximum atomic E-state index is 6.52. The Morgan fingerprint density at radius 2 is 2.00 bits per heavy atom. The number of imidazole rings is 2. The third-order valence-electron chi connectivity index (χ3n) is 5.44. The van der Waals surface area contributed by atoms with Crippen molar-refractivity contribution in [2.45, 2.75) is 18.4 Å². The second kappa shape index (κ2) is 9.19. The molecule has 0 saturated carbocycles. The molecular formula is C24H22Cl2N4O3. The summed E-state index contributed by atoms with van der Waals surface area (Å²) in [5.41, 5.74) is 2.66. The lowest BCUT2D eigenvalue weighted by atomic mass is 10.1. The summed E-state index contributed by atoms with van der Waals surface area (Å²) in [6, 6.07) is 13.1. The maximum Gasteiger partial charge on any atom is 0.215 e. The molecule has 3 heterocycles. The number of nitrogens with zero attached hydrogens (tertiary/aromatic N) is 4. The van der Waals surface area contributed by atoms with Crippen LogP contribution in [0.5, 0.6) is 5.75 Å². The highest BCUT2D eigenvalue weighted by molar-refractivity contribution is 6.35. The van der Waals surface area contributed by atoms with Crippen molar-refractivity contribution in [3.8, 4) is 17.0 Å². The SMILES string of the molecule is Cn1cnc(-c2ccc(OC[C@H]3CO[C@@](Cn4ccnc4)(c4ccc(Cl)cc4Cl)O3)cc2)c1. The van der Waals surface area contributed by atoms with Gasteiger partial charge in [-0.25, -0.2) is 9.97 Å². The summed E-state index contributed by atoms with van der Waals surface area (Å²) in [6.45, 7) is 1.09. The minimum Gasteiger partial charge on any atom is -0.491 e. The first kappa shape index (κ1) is 22.0. The van der Waals surface area contributed by atoms with E-state index in [2.05, 4.69) is 9.97 Å². The summed E-state index contributed by atoms with van der Waals surface area (Å²) in [6.07, 6.45) is 8.75. The van der Waals surface area contributed by atoms with Crippen molar-refractivity contribution in [3.05, 3.63) is 89.3 Å². The Labute approximate surface area is 201 Å². The van der Waals surface area contributed by atoms with Gasteiger partial charge >= 0.3 is 0 Å². The van der Waals surface area contributed by atoms with Gasteiger partial charge in [0, 0.05) is 41.8 Å². The van der Waals surface area contributed by atoms with Crippen molar-refractivity contribution in [1.82, 2.24) is 19.1 Å². The van der Waals surface area contributed by atoms with Crippen LogP contribution < -0.4 is 4.74 Å². The lowest BCUT2D eigenvalue weighted by Gasteiger charge is -2.30. The molecule has 1 fully saturated rings. The van der Waals surface area contributed by atoms with Crippen LogP contribution in [0.3, 0.4) is 0 Å².